The number of hydrogen-bond acceptors (Lipinski definition) is 0. The summed E-state index contributed by atoms with van der Waals surface area (Å²) in [6.07, 6.45) is 4.32. The number of aromatic nitrogens is 2. The normalized spacial score (nSPS) is 11.5. The van der Waals surface area contributed by atoms with Gasteiger partial charge in [0.05, 0.1) is 7.05 Å². The molecule has 0 radical (unpaired) electrons. The van der Waals surface area contributed by atoms with Gasteiger partial charge in [-0.1, -0.05) is 58.0 Å². The summed E-state index contributed by atoms with van der Waals surface area (Å²) in [5.41, 5.74) is 6.76. The van der Waals surface area contributed by atoms with E-state index in [0.29, 0.717) is 11.8 Å². The van der Waals surface area contributed by atoms with Crippen molar-refractivity contribution in [1.82, 2.24) is 4.57 Å². The summed E-state index contributed by atoms with van der Waals surface area (Å²) in [5.74, 6) is 2.17. The first kappa shape index (κ1) is 17.5. The lowest BCUT2D eigenvalue weighted by molar-refractivity contribution is -0.677. The van der Waals surface area contributed by atoms with Gasteiger partial charge < -0.3 is 0 Å². The van der Waals surface area contributed by atoms with Gasteiger partial charge in [0.2, 0.25) is 0 Å². The zero-order chi connectivity index (χ0) is 18.1. The van der Waals surface area contributed by atoms with Gasteiger partial charge in [0.15, 0.2) is 0 Å². The molecule has 0 bridgehead atoms. The van der Waals surface area contributed by atoms with Crippen molar-refractivity contribution in [1.29, 1.82) is 0 Å². The third-order valence-corrected chi connectivity index (χ3v) is 5.06. The number of benzene rings is 2. The molecule has 0 amide bonds. The molecule has 0 aliphatic heterocycles. The Kier molecular flexibility index (Phi) is 4.80. The van der Waals surface area contributed by atoms with Crippen molar-refractivity contribution in [2.75, 3.05) is 0 Å². The molecule has 0 fully saturated rings. The summed E-state index contributed by atoms with van der Waals surface area (Å²) < 4.78 is 4.53. The minimum Gasteiger partial charge on any atom is -0.237 e. The SMILES string of the molecule is Cc1n(-c2c(C(C)C)cc(-c3ccccc3)cc2C(C)C)cc[n+]1C. The molecule has 130 valence electrons. The number of aryl methyl sites for hydroxylation is 1. The first-order valence-corrected chi connectivity index (χ1v) is 9.17. The molecule has 0 atom stereocenters. The van der Waals surface area contributed by atoms with E-state index in [2.05, 4.69) is 106 Å². The second-order valence-electron chi connectivity index (χ2n) is 7.50. The van der Waals surface area contributed by atoms with Crippen molar-refractivity contribution in [3.05, 3.63) is 71.8 Å². The smallest absolute Gasteiger partial charge is 0.237 e. The van der Waals surface area contributed by atoms with Gasteiger partial charge in [0.25, 0.3) is 5.82 Å². The Morgan fingerprint density at radius 1 is 0.840 bits per heavy atom. The Morgan fingerprint density at radius 3 is 1.84 bits per heavy atom. The molecule has 2 aromatic carbocycles. The molecule has 0 aliphatic rings. The van der Waals surface area contributed by atoms with E-state index < -0.39 is 0 Å². The van der Waals surface area contributed by atoms with E-state index in [1.165, 1.54) is 33.8 Å². The highest BCUT2D eigenvalue weighted by Gasteiger charge is 2.24. The lowest BCUT2D eigenvalue weighted by atomic mass is 9.88. The van der Waals surface area contributed by atoms with E-state index in [-0.39, 0.29) is 0 Å². The average molecular weight is 333 g/mol. The van der Waals surface area contributed by atoms with E-state index in [1.54, 1.807) is 0 Å². The Morgan fingerprint density at radius 2 is 1.40 bits per heavy atom. The predicted molar refractivity (Wildman–Crippen MR) is 105 cm³/mol. The summed E-state index contributed by atoms with van der Waals surface area (Å²) in [6, 6.07) is 15.5. The van der Waals surface area contributed by atoms with E-state index >= 15 is 0 Å². The maximum Gasteiger partial charge on any atom is 0.258 e. The standard InChI is InChI=1S/C23H29N2/c1-16(2)21-14-20(19-10-8-7-9-11-19)15-22(17(3)4)23(21)25-13-12-24(6)18(25)5/h7-17H,1-6H3/q+1. The first-order chi connectivity index (χ1) is 11.9. The molecule has 1 heterocycles. The summed E-state index contributed by atoms with van der Waals surface area (Å²) in [5, 5.41) is 0. The van der Waals surface area contributed by atoms with Crippen molar-refractivity contribution < 1.29 is 4.57 Å². The maximum atomic E-state index is 2.38. The zero-order valence-electron chi connectivity index (χ0n) is 16.2. The second-order valence-corrected chi connectivity index (χ2v) is 7.50. The topological polar surface area (TPSA) is 8.81 Å². The van der Waals surface area contributed by atoms with Gasteiger partial charge in [-0.2, -0.15) is 4.57 Å². The Labute approximate surface area is 151 Å². The molecule has 0 saturated heterocycles. The summed E-state index contributed by atoms with van der Waals surface area (Å²) in [7, 11) is 2.11. The minimum absolute atomic E-state index is 0.461. The lowest BCUT2D eigenvalue weighted by Crippen LogP contribution is -2.29. The summed E-state index contributed by atoms with van der Waals surface area (Å²) in [6.45, 7) is 11.3. The third kappa shape index (κ3) is 3.26. The zero-order valence-corrected chi connectivity index (χ0v) is 16.2. The van der Waals surface area contributed by atoms with Crippen LogP contribution in [0.25, 0.3) is 16.8 Å². The largest absolute Gasteiger partial charge is 0.258 e. The first-order valence-electron chi connectivity index (χ1n) is 9.17. The maximum absolute atomic E-state index is 2.38. The van der Waals surface area contributed by atoms with Crippen LogP contribution in [0.5, 0.6) is 0 Å². The summed E-state index contributed by atoms with van der Waals surface area (Å²) in [4.78, 5) is 0. The molecular weight excluding hydrogens is 304 g/mol. The highest BCUT2D eigenvalue weighted by Crippen LogP contribution is 2.36. The summed E-state index contributed by atoms with van der Waals surface area (Å²) >= 11 is 0. The molecule has 2 heteroatoms. The van der Waals surface area contributed by atoms with Crippen LogP contribution in [0.4, 0.5) is 0 Å². The highest BCUT2D eigenvalue weighted by molar-refractivity contribution is 5.69. The van der Waals surface area contributed by atoms with Crippen LogP contribution in [0.3, 0.4) is 0 Å². The van der Waals surface area contributed by atoms with Crippen LogP contribution in [-0.4, -0.2) is 4.57 Å². The fourth-order valence-electron chi connectivity index (χ4n) is 3.42. The molecule has 2 nitrogen and oxygen atoms in total. The number of imidazole rings is 1. The van der Waals surface area contributed by atoms with Gasteiger partial charge in [0.1, 0.15) is 18.1 Å². The molecule has 3 rings (SSSR count). The molecular formula is C23H29N2+. The molecule has 0 aliphatic carbocycles. The molecule has 0 N–H and O–H groups in total. The second kappa shape index (κ2) is 6.87. The monoisotopic (exact) mass is 333 g/mol. The molecule has 25 heavy (non-hydrogen) atoms. The van der Waals surface area contributed by atoms with Crippen LogP contribution in [-0.2, 0) is 7.05 Å². The van der Waals surface area contributed by atoms with Gasteiger partial charge >= 0.3 is 0 Å². The van der Waals surface area contributed by atoms with Crippen molar-refractivity contribution in [2.45, 2.75) is 46.5 Å². The molecule has 0 spiro atoms. The Hall–Kier alpha value is -2.35. The van der Waals surface area contributed by atoms with E-state index in [9.17, 15) is 0 Å². The number of nitrogens with zero attached hydrogens (tertiary/aromatic N) is 2. The van der Waals surface area contributed by atoms with Crippen molar-refractivity contribution in [2.24, 2.45) is 7.05 Å². The minimum atomic E-state index is 0.461. The van der Waals surface area contributed by atoms with E-state index in [4.69, 9.17) is 0 Å². The van der Waals surface area contributed by atoms with Crippen molar-refractivity contribution >= 4 is 0 Å². The van der Waals surface area contributed by atoms with Crippen LogP contribution in [0, 0.1) is 6.92 Å². The molecule has 0 unspecified atom stereocenters. The van der Waals surface area contributed by atoms with Crippen LogP contribution < -0.4 is 4.57 Å². The molecule has 1 aromatic heterocycles. The van der Waals surface area contributed by atoms with Gasteiger partial charge in [-0.25, -0.2) is 4.57 Å². The Bertz CT molecular complexity index is 841. The lowest BCUT2D eigenvalue weighted by Gasteiger charge is -2.20. The van der Waals surface area contributed by atoms with Crippen LogP contribution in [0.15, 0.2) is 54.9 Å². The fraction of sp³-hybridized carbons (Fsp3) is 0.348. The van der Waals surface area contributed by atoms with Gasteiger partial charge in [0, 0.05) is 18.1 Å². The van der Waals surface area contributed by atoms with Gasteiger partial charge in [-0.15, -0.1) is 0 Å². The van der Waals surface area contributed by atoms with Gasteiger partial charge in [-0.3, -0.25) is 0 Å². The quantitative estimate of drug-likeness (QED) is 0.556. The number of rotatable bonds is 4. The van der Waals surface area contributed by atoms with Crippen molar-refractivity contribution in [3.8, 4) is 16.8 Å². The predicted octanol–water partition coefficient (Wildman–Crippen LogP) is 5.52. The van der Waals surface area contributed by atoms with E-state index in [0.717, 1.165) is 0 Å². The molecule has 3 aromatic rings. The van der Waals surface area contributed by atoms with Crippen LogP contribution in [0.1, 0.15) is 56.5 Å². The Balaban J connectivity index is 2.32. The third-order valence-electron chi connectivity index (χ3n) is 5.06. The van der Waals surface area contributed by atoms with Crippen molar-refractivity contribution in [3.63, 3.8) is 0 Å². The average Bonchev–Trinajstić information content (AvgIpc) is 2.93. The fourth-order valence-corrected chi connectivity index (χ4v) is 3.42. The van der Waals surface area contributed by atoms with Crippen LogP contribution in [0.2, 0.25) is 0 Å². The molecule has 0 saturated carbocycles. The van der Waals surface area contributed by atoms with Crippen LogP contribution >= 0.6 is 0 Å². The highest BCUT2D eigenvalue weighted by atomic mass is 15.1. The van der Waals surface area contributed by atoms with Gasteiger partial charge in [-0.05, 0) is 35.1 Å². The van der Waals surface area contributed by atoms with E-state index in [1.807, 2.05) is 0 Å². The number of hydrogen-bond donors (Lipinski definition) is 0.